The third-order valence-corrected chi connectivity index (χ3v) is 8.36. The predicted octanol–water partition coefficient (Wildman–Crippen LogP) is 8.93. The number of aliphatic imine (C=N–C) groups is 1. The molecule has 210 valence electrons. The molecule has 0 fully saturated rings. The molecule has 0 unspecified atom stereocenters. The lowest BCUT2D eigenvalue weighted by molar-refractivity contribution is 0.865. The van der Waals surface area contributed by atoms with E-state index >= 15 is 0 Å². The summed E-state index contributed by atoms with van der Waals surface area (Å²) in [5.74, 6) is 0.898. The molecule has 6 aromatic carbocycles. The number of amidine groups is 2. The van der Waals surface area contributed by atoms with Gasteiger partial charge in [-0.1, -0.05) is 121 Å². The average Bonchev–Trinajstić information content (AvgIpc) is 3.61. The first-order valence-electron chi connectivity index (χ1n) is 14.7. The number of nitrogens with zero attached hydrogens (tertiary/aromatic N) is 4. The number of para-hydroxylation sites is 3. The molecule has 0 aliphatic carbocycles. The van der Waals surface area contributed by atoms with E-state index in [9.17, 15) is 0 Å². The van der Waals surface area contributed by atoms with Crippen molar-refractivity contribution in [1.29, 1.82) is 5.41 Å². The van der Waals surface area contributed by atoms with Crippen LogP contribution in [0.25, 0.3) is 49.3 Å². The largest absolute Gasteiger partial charge is 0.309 e. The molecule has 44 heavy (non-hydrogen) atoms. The number of hydrogen-bond acceptors (Lipinski definition) is 1. The fourth-order valence-electron chi connectivity index (χ4n) is 6.43. The van der Waals surface area contributed by atoms with Gasteiger partial charge in [0.2, 0.25) is 0 Å². The van der Waals surface area contributed by atoms with Crippen molar-refractivity contribution in [2.24, 2.45) is 4.99 Å². The molecule has 0 aliphatic rings. The Kier molecular flexibility index (Phi) is 6.09. The molecule has 5 heteroatoms. The van der Waals surface area contributed by atoms with Crippen molar-refractivity contribution >= 4 is 55.3 Å². The van der Waals surface area contributed by atoms with Gasteiger partial charge in [0.25, 0.3) is 0 Å². The van der Waals surface area contributed by atoms with E-state index in [1.54, 1.807) is 0 Å². The van der Waals surface area contributed by atoms with Crippen LogP contribution in [0.4, 0.5) is 0 Å². The van der Waals surface area contributed by atoms with Gasteiger partial charge in [-0.05, 0) is 30.3 Å². The van der Waals surface area contributed by atoms with E-state index < -0.39 is 0 Å². The van der Waals surface area contributed by atoms with Crippen LogP contribution in [0.5, 0.6) is 0 Å². The molecule has 0 bridgehead atoms. The van der Waals surface area contributed by atoms with Gasteiger partial charge in [0, 0.05) is 45.4 Å². The van der Waals surface area contributed by atoms with Gasteiger partial charge in [0.15, 0.2) is 11.7 Å². The van der Waals surface area contributed by atoms with Gasteiger partial charge in [-0.2, -0.15) is 0 Å². The minimum atomic E-state index is 0.212. The fraction of sp³-hybridized carbons (Fsp3) is 0.0256. The predicted molar refractivity (Wildman–Crippen MR) is 184 cm³/mol. The van der Waals surface area contributed by atoms with Gasteiger partial charge in [-0.25, -0.2) is 4.99 Å². The Balaban J connectivity index is 1.45. The second kappa shape index (κ2) is 10.4. The zero-order valence-electron chi connectivity index (χ0n) is 24.2. The van der Waals surface area contributed by atoms with Crippen molar-refractivity contribution in [1.82, 2.24) is 9.24 Å². The third kappa shape index (κ3) is 4.02. The van der Waals surface area contributed by atoms with E-state index in [1.807, 2.05) is 67.7 Å². The van der Waals surface area contributed by atoms with Crippen LogP contribution in [0, 0.1) is 5.41 Å². The number of rotatable bonds is 4. The molecule has 8 aromatic rings. The summed E-state index contributed by atoms with van der Waals surface area (Å²) in [6.45, 7) is 0. The highest BCUT2D eigenvalue weighted by atomic mass is 15.6. The smallest absolute Gasteiger partial charge is 0.157 e. The van der Waals surface area contributed by atoms with Gasteiger partial charge in [-0.15, -0.1) is 0 Å². The second-order valence-corrected chi connectivity index (χ2v) is 10.9. The van der Waals surface area contributed by atoms with E-state index in [2.05, 4.69) is 105 Å². The van der Waals surface area contributed by atoms with Crippen LogP contribution >= 0.6 is 0 Å². The quantitative estimate of drug-likeness (QED) is 0.168. The number of aromatic nitrogens is 2. The molecule has 2 aromatic heterocycles. The molecule has 0 amide bonds. The Morgan fingerprint density at radius 2 is 1.11 bits per heavy atom. The molecule has 0 aliphatic heterocycles. The average molecular weight is 568 g/mol. The highest BCUT2D eigenvalue weighted by molar-refractivity contribution is 6.26. The number of fused-ring (bicyclic) bond motifs is 7. The number of hydrogen-bond donors (Lipinski definition) is 1. The Morgan fingerprint density at radius 1 is 0.545 bits per heavy atom. The van der Waals surface area contributed by atoms with E-state index in [0.717, 1.165) is 33.2 Å². The molecule has 0 radical (unpaired) electrons. The molecule has 5 nitrogen and oxygen atoms in total. The summed E-state index contributed by atoms with van der Waals surface area (Å²) in [7, 11) is 2.03. The minimum Gasteiger partial charge on any atom is -0.309 e. The third-order valence-electron chi connectivity index (χ3n) is 8.36. The number of benzene rings is 6. The molecule has 0 spiro atoms. The van der Waals surface area contributed by atoms with E-state index in [0.29, 0.717) is 5.84 Å². The maximum absolute atomic E-state index is 8.92. The van der Waals surface area contributed by atoms with Crippen molar-refractivity contribution < 1.29 is 0 Å². The first kappa shape index (κ1) is 25.7. The van der Waals surface area contributed by atoms with Crippen molar-refractivity contribution in [3.8, 4) is 5.69 Å². The van der Waals surface area contributed by atoms with Crippen LogP contribution in [-0.2, 0) is 0 Å². The van der Waals surface area contributed by atoms with Crippen LogP contribution in [0.15, 0.2) is 157 Å². The first-order chi connectivity index (χ1) is 21.7. The lowest BCUT2D eigenvalue weighted by atomic mass is 10.1. The van der Waals surface area contributed by atoms with Gasteiger partial charge >= 0.3 is 0 Å². The molecule has 1 N–H and O–H groups in total. The fourth-order valence-corrected chi connectivity index (χ4v) is 6.43. The Morgan fingerprint density at radius 3 is 1.82 bits per heavy atom. The van der Waals surface area contributed by atoms with Gasteiger partial charge < -0.3 is 4.57 Å². The standard InChI is InChI=1S/C39H29N5/c1-42(39(28-17-7-3-8-18-28)41-38(40)27-15-5-2-6-16-27)44-34-24-14-12-22-32(34)36-35(44)26-25-31-30-21-11-13-23-33(30)43(37(31)36)29-19-9-4-10-20-29/h2-26,40H,1H3. The van der Waals surface area contributed by atoms with Gasteiger partial charge in [0.05, 0.1) is 22.1 Å². The van der Waals surface area contributed by atoms with Crippen LogP contribution in [0.3, 0.4) is 0 Å². The van der Waals surface area contributed by atoms with Gasteiger partial charge in [0.1, 0.15) is 0 Å². The summed E-state index contributed by atoms with van der Waals surface area (Å²) in [5.41, 5.74) is 7.31. The SMILES string of the molecule is CN(C(=NC(=N)c1ccccc1)c1ccccc1)n1c2ccccc2c2c3c(ccc21)c1ccccc1n3-c1ccccc1. The van der Waals surface area contributed by atoms with Crippen LogP contribution in [0.2, 0.25) is 0 Å². The van der Waals surface area contributed by atoms with E-state index in [4.69, 9.17) is 10.4 Å². The van der Waals surface area contributed by atoms with E-state index in [-0.39, 0.29) is 5.84 Å². The van der Waals surface area contributed by atoms with Crippen LogP contribution < -0.4 is 5.01 Å². The summed E-state index contributed by atoms with van der Waals surface area (Å²) in [4.78, 5) is 4.95. The molecule has 0 saturated carbocycles. The molecular weight excluding hydrogens is 538 g/mol. The second-order valence-electron chi connectivity index (χ2n) is 10.9. The Labute approximate surface area is 255 Å². The maximum atomic E-state index is 8.92. The van der Waals surface area contributed by atoms with E-state index in [1.165, 1.54) is 27.2 Å². The van der Waals surface area contributed by atoms with Crippen molar-refractivity contribution in [2.45, 2.75) is 0 Å². The number of nitrogens with one attached hydrogen (secondary N) is 1. The Bertz CT molecular complexity index is 2350. The van der Waals surface area contributed by atoms with Crippen molar-refractivity contribution in [3.05, 3.63) is 163 Å². The lowest BCUT2D eigenvalue weighted by Crippen LogP contribution is -2.37. The molecule has 8 rings (SSSR count). The van der Waals surface area contributed by atoms with Crippen molar-refractivity contribution in [2.75, 3.05) is 12.1 Å². The van der Waals surface area contributed by atoms with Gasteiger partial charge in [-0.3, -0.25) is 15.1 Å². The normalized spacial score (nSPS) is 12.0. The maximum Gasteiger partial charge on any atom is 0.157 e. The summed E-state index contributed by atoms with van der Waals surface area (Å²) < 4.78 is 4.63. The first-order valence-corrected chi connectivity index (χ1v) is 14.7. The zero-order chi connectivity index (χ0) is 29.6. The summed E-state index contributed by atoms with van der Waals surface area (Å²) in [6, 6.07) is 52.1. The molecule has 0 atom stereocenters. The lowest BCUT2D eigenvalue weighted by Gasteiger charge is -2.25. The van der Waals surface area contributed by atoms with Crippen LogP contribution in [0.1, 0.15) is 11.1 Å². The highest BCUT2D eigenvalue weighted by Crippen LogP contribution is 2.40. The topological polar surface area (TPSA) is 49.3 Å². The molecule has 2 heterocycles. The summed E-state index contributed by atoms with van der Waals surface area (Å²) >= 11 is 0. The minimum absolute atomic E-state index is 0.212. The molecular formula is C39H29N5. The summed E-state index contributed by atoms with van der Waals surface area (Å²) in [5, 5.41) is 15.8. The summed E-state index contributed by atoms with van der Waals surface area (Å²) in [6.07, 6.45) is 0. The Hall–Kier alpha value is -5.94. The zero-order valence-corrected chi connectivity index (χ0v) is 24.2. The molecule has 0 saturated heterocycles. The van der Waals surface area contributed by atoms with Crippen LogP contribution in [-0.4, -0.2) is 28.0 Å². The van der Waals surface area contributed by atoms with Crippen molar-refractivity contribution in [3.63, 3.8) is 0 Å². The monoisotopic (exact) mass is 567 g/mol. The highest BCUT2D eigenvalue weighted by Gasteiger charge is 2.23.